The molecule has 2 amide bonds. The van der Waals surface area contributed by atoms with Gasteiger partial charge in [-0.05, 0) is 35.7 Å². The van der Waals surface area contributed by atoms with Gasteiger partial charge in [0.15, 0.2) is 11.5 Å². The quantitative estimate of drug-likeness (QED) is 0.838. The monoisotopic (exact) mass is 374 g/mol. The molecule has 1 aliphatic heterocycles. The molecule has 0 saturated heterocycles. The normalized spacial score (nSPS) is 14.0. The predicted molar refractivity (Wildman–Crippen MR) is 101 cm³/mol. The number of anilines is 1. The topological polar surface area (TPSA) is 76.7 Å². The molecule has 1 unspecified atom stereocenters. The first-order valence-corrected chi connectivity index (χ1v) is 9.33. The number of hydrogen-bond donors (Lipinski definition) is 2. The Morgan fingerprint density at radius 2 is 1.81 bits per heavy atom. The molecule has 1 aliphatic rings. The van der Waals surface area contributed by atoms with Gasteiger partial charge in [0.1, 0.15) is 13.2 Å². The van der Waals surface area contributed by atoms with Crippen molar-refractivity contribution in [3.63, 3.8) is 0 Å². The van der Waals surface area contributed by atoms with Gasteiger partial charge in [-0.15, -0.1) is 11.3 Å². The van der Waals surface area contributed by atoms with Crippen LogP contribution in [-0.4, -0.2) is 25.0 Å². The number of fused-ring (bicyclic) bond motifs is 1. The molecule has 0 bridgehead atoms. The van der Waals surface area contributed by atoms with E-state index in [4.69, 9.17) is 9.47 Å². The van der Waals surface area contributed by atoms with Crippen LogP contribution in [0.15, 0.2) is 30.3 Å². The van der Waals surface area contributed by atoms with Gasteiger partial charge < -0.3 is 20.1 Å². The van der Waals surface area contributed by atoms with Gasteiger partial charge in [0.25, 0.3) is 5.91 Å². The van der Waals surface area contributed by atoms with Gasteiger partial charge in [0.05, 0.1) is 15.9 Å². The molecule has 0 saturated carbocycles. The van der Waals surface area contributed by atoms with E-state index in [0.717, 1.165) is 11.3 Å². The summed E-state index contributed by atoms with van der Waals surface area (Å²) >= 11 is 1.25. The van der Waals surface area contributed by atoms with Gasteiger partial charge in [0.2, 0.25) is 5.91 Å². The third-order valence-corrected chi connectivity index (χ3v) is 5.01. The van der Waals surface area contributed by atoms with E-state index in [1.807, 2.05) is 18.2 Å². The summed E-state index contributed by atoms with van der Waals surface area (Å²) in [6, 6.07) is 9.05. The molecule has 3 rings (SSSR count). The van der Waals surface area contributed by atoms with E-state index < -0.39 is 0 Å². The predicted octanol–water partition coefficient (Wildman–Crippen LogP) is 3.60. The van der Waals surface area contributed by atoms with Gasteiger partial charge in [-0.25, -0.2) is 0 Å². The Hall–Kier alpha value is -2.54. The molecule has 138 valence electrons. The number of amides is 2. The van der Waals surface area contributed by atoms with Gasteiger partial charge >= 0.3 is 0 Å². The Kier molecular flexibility index (Phi) is 5.46. The molecule has 2 heterocycles. The average Bonchev–Trinajstić information content (AvgIpc) is 3.06. The molecule has 6 nitrogen and oxygen atoms in total. The highest BCUT2D eigenvalue weighted by molar-refractivity contribution is 7.18. The third kappa shape index (κ3) is 4.16. The zero-order chi connectivity index (χ0) is 18.7. The van der Waals surface area contributed by atoms with Crippen LogP contribution in [0.2, 0.25) is 0 Å². The van der Waals surface area contributed by atoms with Crippen molar-refractivity contribution < 1.29 is 19.1 Å². The summed E-state index contributed by atoms with van der Waals surface area (Å²) in [6.45, 7) is 6.62. The fourth-order valence-corrected chi connectivity index (χ4v) is 3.66. The van der Waals surface area contributed by atoms with Crippen LogP contribution < -0.4 is 20.1 Å². The lowest BCUT2D eigenvalue weighted by Gasteiger charge is -2.25. The maximum Gasteiger partial charge on any atom is 0.261 e. The molecule has 0 spiro atoms. The number of carbonyl (C=O) groups is 2. The Bertz CT molecular complexity index is 816. The molecule has 1 atom stereocenters. The molecule has 0 radical (unpaired) electrons. The van der Waals surface area contributed by atoms with Crippen LogP contribution in [0.1, 0.15) is 42.0 Å². The molecule has 1 aromatic heterocycles. The highest BCUT2D eigenvalue weighted by atomic mass is 32.1. The van der Waals surface area contributed by atoms with E-state index in [1.54, 1.807) is 12.1 Å². The smallest absolute Gasteiger partial charge is 0.261 e. The summed E-state index contributed by atoms with van der Waals surface area (Å²) in [6.07, 6.45) is 0. The van der Waals surface area contributed by atoms with Crippen molar-refractivity contribution in [2.75, 3.05) is 18.5 Å². The van der Waals surface area contributed by atoms with Crippen molar-refractivity contribution in [3.8, 4) is 11.5 Å². The number of nitrogens with one attached hydrogen (secondary N) is 2. The van der Waals surface area contributed by atoms with Crippen LogP contribution in [0.4, 0.5) is 5.00 Å². The molecule has 0 aliphatic carbocycles. The number of benzene rings is 1. The second kappa shape index (κ2) is 7.78. The van der Waals surface area contributed by atoms with Crippen molar-refractivity contribution in [1.29, 1.82) is 0 Å². The molecular weight excluding hydrogens is 352 g/mol. The van der Waals surface area contributed by atoms with Gasteiger partial charge in [0, 0.05) is 6.92 Å². The molecule has 7 heteroatoms. The first-order valence-electron chi connectivity index (χ1n) is 8.52. The summed E-state index contributed by atoms with van der Waals surface area (Å²) in [5.41, 5.74) is 0.969. The van der Waals surface area contributed by atoms with Crippen molar-refractivity contribution in [3.05, 3.63) is 40.8 Å². The van der Waals surface area contributed by atoms with Crippen LogP contribution in [0.25, 0.3) is 0 Å². The molecule has 1 aromatic carbocycles. The zero-order valence-corrected chi connectivity index (χ0v) is 15.8. The van der Waals surface area contributed by atoms with Crippen LogP contribution in [0, 0.1) is 5.92 Å². The fourth-order valence-electron chi connectivity index (χ4n) is 2.80. The largest absolute Gasteiger partial charge is 0.486 e. The Morgan fingerprint density at radius 3 is 2.50 bits per heavy atom. The highest BCUT2D eigenvalue weighted by Crippen LogP contribution is 2.34. The molecule has 2 aromatic rings. The summed E-state index contributed by atoms with van der Waals surface area (Å²) in [5, 5.41) is 6.43. The summed E-state index contributed by atoms with van der Waals surface area (Å²) < 4.78 is 11.2. The summed E-state index contributed by atoms with van der Waals surface area (Å²) in [5.74, 6) is 1.30. The highest BCUT2D eigenvalue weighted by Gasteiger charge is 2.22. The Balaban J connectivity index is 1.77. The lowest BCUT2D eigenvalue weighted by Crippen LogP contribution is -2.31. The minimum Gasteiger partial charge on any atom is -0.486 e. The third-order valence-electron chi connectivity index (χ3n) is 4.01. The summed E-state index contributed by atoms with van der Waals surface area (Å²) in [7, 11) is 0. The second-order valence-corrected chi connectivity index (χ2v) is 7.53. The van der Waals surface area contributed by atoms with E-state index in [9.17, 15) is 9.59 Å². The first kappa shape index (κ1) is 18.3. The lowest BCUT2D eigenvalue weighted by molar-refractivity contribution is -0.114. The fraction of sp³-hybridized carbons (Fsp3) is 0.368. The SMILES string of the molecule is CC(=O)Nc1ccc(C(=O)NC(c2ccc3c(c2)OCCO3)C(C)C)s1. The number of thiophene rings is 1. The van der Waals surface area contributed by atoms with Crippen LogP contribution >= 0.6 is 11.3 Å². The minimum atomic E-state index is -0.166. The number of hydrogen-bond acceptors (Lipinski definition) is 5. The minimum absolute atomic E-state index is 0.157. The maximum absolute atomic E-state index is 12.7. The van der Waals surface area contributed by atoms with Crippen molar-refractivity contribution in [1.82, 2.24) is 5.32 Å². The van der Waals surface area contributed by atoms with E-state index in [-0.39, 0.29) is 23.8 Å². The van der Waals surface area contributed by atoms with Crippen LogP contribution in [0.3, 0.4) is 0 Å². The van der Waals surface area contributed by atoms with Crippen molar-refractivity contribution in [2.24, 2.45) is 5.92 Å². The van der Waals surface area contributed by atoms with Gasteiger partial charge in [-0.3, -0.25) is 9.59 Å². The number of rotatable bonds is 5. The lowest BCUT2D eigenvalue weighted by atomic mass is 9.95. The second-order valence-electron chi connectivity index (χ2n) is 6.44. The Morgan fingerprint density at radius 1 is 1.08 bits per heavy atom. The van der Waals surface area contributed by atoms with Gasteiger partial charge in [-0.1, -0.05) is 19.9 Å². The van der Waals surface area contributed by atoms with Gasteiger partial charge in [-0.2, -0.15) is 0 Å². The first-order chi connectivity index (χ1) is 12.4. The van der Waals surface area contributed by atoms with Crippen molar-refractivity contribution in [2.45, 2.75) is 26.8 Å². The molecule has 2 N–H and O–H groups in total. The maximum atomic E-state index is 12.7. The standard InChI is InChI=1S/C19H22N2O4S/c1-11(2)18(13-4-5-14-15(10-13)25-9-8-24-14)21-19(23)16-6-7-17(26-16)20-12(3)22/h4-7,10-11,18H,8-9H2,1-3H3,(H,20,22)(H,21,23). The Labute approximate surface area is 156 Å². The van der Waals surface area contributed by atoms with E-state index in [2.05, 4.69) is 24.5 Å². The van der Waals surface area contributed by atoms with Crippen LogP contribution in [-0.2, 0) is 4.79 Å². The molecular formula is C19H22N2O4S. The van der Waals surface area contributed by atoms with E-state index in [0.29, 0.717) is 28.8 Å². The van der Waals surface area contributed by atoms with Crippen LogP contribution in [0.5, 0.6) is 11.5 Å². The number of ether oxygens (including phenoxy) is 2. The van der Waals surface area contributed by atoms with Crippen molar-refractivity contribution >= 4 is 28.2 Å². The molecule has 0 fully saturated rings. The molecule has 26 heavy (non-hydrogen) atoms. The van der Waals surface area contributed by atoms with E-state index >= 15 is 0 Å². The van der Waals surface area contributed by atoms with E-state index in [1.165, 1.54) is 18.3 Å². The zero-order valence-electron chi connectivity index (χ0n) is 15.0. The number of carbonyl (C=O) groups excluding carboxylic acids is 2. The summed E-state index contributed by atoms with van der Waals surface area (Å²) in [4.78, 5) is 24.3. The average molecular weight is 374 g/mol.